The molecular weight excluding hydrogens is 660 g/mol. The van der Waals surface area contributed by atoms with E-state index >= 15 is 0 Å². The van der Waals surface area contributed by atoms with Gasteiger partial charge in [-0.05, 0) is 94.4 Å². The molecule has 11 heteroatoms. The molecule has 228 valence electrons. The van der Waals surface area contributed by atoms with Gasteiger partial charge in [-0.1, -0.05) is 12.1 Å². The van der Waals surface area contributed by atoms with Crippen molar-refractivity contribution in [2.75, 3.05) is 59.7 Å². The van der Waals surface area contributed by atoms with Gasteiger partial charge in [0.25, 0.3) is 0 Å². The van der Waals surface area contributed by atoms with E-state index in [2.05, 4.69) is 49.3 Å². The highest BCUT2D eigenvalue weighted by molar-refractivity contribution is 9.10. The first kappa shape index (κ1) is 33.6. The lowest BCUT2D eigenvalue weighted by atomic mass is 10.1. The summed E-state index contributed by atoms with van der Waals surface area (Å²) in [6.45, 7) is 11.0. The molecule has 2 aromatic carbocycles. The number of aromatic hydroxyl groups is 1. The summed E-state index contributed by atoms with van der Waals surface area (Å²) in [5, 5.41) is 12.9. The van der Waals surface area contributed by atoms with E-state index in [4.69, 9.17) is 23.7 Å². The number of hydrogen-bond donors (Lipinski definition) is 2. The lowest BCUT2D eigenvalue weighted by Crippen LogP contribution is -2.48. The van der Waals surface area contributed by atoms with Gasteiger partial charge < -0.3 is 39.0 Å². The number of phenols is 1. The van der Waals surface area contributed by atoms with E-state index in [1.807, 2.05) is 39.0 Å². The van der Waals surface area contributed by atoms with Crippen molar-refractivity contribution >= 4 is 38.0 Å². The Labute approximate surface area is 260 Å². The summed E-state index contributed by atoms with van der Waals surface area (Å²) in [6.07, 6.45) is 1.49. The number of carbonyl (C=O) groups excluding carboxylic acids is 1. The molecule has 0 radical (unpaired) electrons. The van der Waals surface area contributed by atoms with Crippen LogP contribution in [0.5, 0.6) is 11.5 Å². The highest BCUT2D eigenvalue weighted by Gasteiger charge is 2.28. The smallest absolute Gasteiger partial charge is 0.410 e. The van der Waals surface area contributed by atoms with Crippen LogP contribution in [0, 0.1) is 0 Å². The van der Waals surface area contributed by atoms with Crippen LogP contribution in [0.4, 0.5) is 4.79 Å². The number of amides is 1. The number of rotatable bonds is 8. The lowest BCUT2D eigenvalue weighted by Gasteiger charge is -2.34. The molecule has 0 spiro atoms. The number of nitrogens with zero attached hydrogens (tertiary/aromatic N) is 1. The molecule has 2 aliphatic heterocycles. The van der Waals surface area contributed by atoms with E-state index in [-0.39, 0.29) is 24.1 Å². The minimum Gasteiger partial charge on any atom is -0.507 e. The van der Waals surface area contributed by atoms with Gasteiger partial charge in [-0.25, -0.2) is 4.79 Å². The van der Waals surface area contributed by atoms with Gasteiger partial charge in [0.2, 0.25) is 0 Å². The van der Waals surface area contributed by atoms with Crippen LogP contribution in [-0.2, 0) is 31.8 Å². The summed E-state index contributed by atoms with van der Waals surface area (Å²) in [5.74, 6) is 1.06. The number of morpholine rings is 2. The van der Waals surface area contributed by atoms with Gasteiger partial charge in [0.05, 0.1) is 47.5 Å². The predicted molar refractivity (Wildman–Crippen MR) is 165 cm³/mol. The van der Waals surface area contributed by atoms with Crippen molar-refractivity contribution in [3.63, 3.8) is 0 Å². The molecule has 0 unspecified atom stereocenters. The molecule has 0 aromatic heterocycles. The first-order chi connectivity index (χ1) is 19.5. The molecule has 2 aromatic rings. The number of ether oxygens (including phenoxy) is 5. The van der Waals surface area contributed by atoms with E-state index in [1.54, 1.807) is 18.1 Å². The molecule has 2 N–H and O–H groups in total. The molecule has 2 aliphatic rings. The average molecular weight is 702 g/mol. The fraction of sp³-hybridized carbons (Fsp3) is 0.567. The highest BCUT2D eigenvalue weighted by Crippen LogP contribution is 2.27. The second-order valence-corrected chi connectivity index (χ2v) is 12.6. The van der Waals surface area contributed by atoms with Crippen molar-refractivity contribution in [3.8, 4) is 11.5 Å². The molecule has 2 atom stereocenters. The number of carbonyl (C=O) groups is 1. The molecule has 1 amide bonds. The van der Waals surface area contributed by atoms with Crippen LogP contribution >= 0.6 is 31.9 Å². The molecular formula is C30H42Br2N2O7. The zero-order valence-electron chi connectivity index (χ0n) is 24.3. The van der Waals surface area contributed by atoms with Crippen LogP contribution in [0.25, 0.3) is 0 Å². The van der Waals surface area contributed by atoms with Crippen LogP contribution in [-0.4, -0.2) is 93.6 Å². The monoisotopic (exact) mass is 700 g/mol. The summed E-state index contributed by atoms with van der Waals surface area (Å²) in [7, 11) is 1.67. The predicted octanol–water partition coefficient (Wildman–Crippen LogP) is 5.34. The third-order valence-electron chi connectivity index (χ3n) is 6.28. The van der Waals surface area contributed by atoms with E-state index in [0.717, 1.165) is 41.9 Å². The van der Waals surface area contributed by atoms with Crippen molar-refractivity contribution in [1.29, 1.82) is 0 Å². The molecule has 0 aliphatic carbocycles. The van der Waals surface area contributed by atoms with Gasteiger partial charge in [-0.15, -0.1) is 0 Å². The maximum absolute atomic E-state index is 12.1. The maximum atomic E-state index is 12.1. The third-order valence-corrected chi connectivity index (χ3v) is 7.53. The number of hydrogen-bond acceptors (Lipinski definition) is 8. The SMILES string of the molecule is CC(C)(C)OC(=O)N1CCO[C@H](Cc2ccc(O)c(Br)c2)C1.COCCOc1ccc(C[C@@H]2CNCCO2)cc1Br. The summed E-state index contributed by atoms with van der Waals surface area (Å²) < 4.78 is 29.0. The maximum Gasteiger partial charge on any atom is 0.410 e. The van der Waals surface area contributed by atoms with E-state index in [0.29, 0.717) is 43.8 Å². The van der Waals surface area contributed by atoms with Crippen LogP contribution < -0.4 is 10.1 Å². The van der Waals surface area contributed by atoms with Crippen LogP contribution in [0.2, 0.25) is 0 Å². The molecule has 2 saturated heterocycles. The van der Waals surface area contributed by atoms with Gasteiger partial charge in [0.15, 0.2) is 0 Å². The summed E-state index contributed by atoms with van der Waals surface area (Å²) in [5.41, 5.74) is 1.80. The lowest BCUT2D eigenvalue weighted by molar-refractivity contribution is -0.0415. The van der Waals surface area contributed by atoms with Crippen molar-refractivity contribution in [2.24, 2.45) is 0 Å². The number of halogens is 2. The molecule has 4 rings (SSSR count). The van der Waals surface area contributed by atoms with Crippen LogP contribution in [0.15, 0.2) is 45.3 Å². The topological polar surface area (TPSA) is 98.7 Å². The number of nitrogens with one attached hydrogen (secondary N) is 1. The molecule has 0 bridgehead atoms. The Bertz CT molecular complexity index is 1110. The van der Waals surface area contributed by atoms with Crippen molar-refractivity contribution < 1.29 is 33.6 Å². The molecule has 2 heterocycles. The minimum atomic E-state index is -0.493. The number of benzene rings is 2. The Kier molecular flexibility index (Phi) is 13.7. The molecule has 2 fully saturated rings. The van der Waals surface area contributed by atoms with Gasteiger partial charge in [-0.2, -0.15) is 0 Å². The average Bonchev–Trinajstić information content (AvgIpc) is 2.92. The largest absolute Gasteiger partial charge is 0.507 e. The van der Waals surface area contributed by atoms with Gasteiger partial charge in [-0.3, -0.25) is 0 Å². The van der Waals surface area contributed by atoms with Crippen molar-refractivity contribution in [3.05, 3.63) is 56.5 Å². The fourth-order valence-electron chi connectivity index (χ4n) is 4.31. The molecule has 41 heavy (non-hydrogen) atoms. The van der Waals surface area contributed by atoms with Crippen LogP contribution in [0.1, 0.15) is 31.9 Å². The standard InChI is InChI=1S/C16H22BrNO4.C14H20BrNO3/c1-16(2,3)22-15(20)18-6-7-21-12(10-18)8-11-4-5-14(19)13(17)9-11;1-17-6-7-19-14-3-2-11(9-13(14)15)8-12-10-16-4-5-18-12/h4-5,9,12,19H,6-8,10H2,1-3H3;2-3,9,12,16H,4-8,10H2,1H3/t2*12-/m11/s1. The Morgan fingerprint density at radius 3 is 2.34 bits per heavy atom. The van der Waals surface area contributed by atoms with E-state index in [1.165, 1.54) is 5.56 Å². The van der Waals surface area contributed by atoms with Gasteiger partial charge in [0.1, 0.15) is 23.7 Å². The minimum absolute atomic E-state index is 0.0716. The van der Waals surface area contributed by atoms with E-state index < -0.39 is 5.60 Å². The van der Waals surface area contributed by atoms with E-state index in [9.17, 15) is 9.90 Å². The van der Waals surface area contributed by atoms with Crippen molar-refractivity contribution in [1.82, 2.24) is 10.2 Å². The quantitative estimate of drug-likeness (QED) is 0.356. The highest BCUT2D eigenvalue weighted by atomic mass is 79.9. The normalized spacial score (nSPS) is 19.2. The second-order valence-electron chi connectivity index (χ2n) is 10.9. The number of phenolic OH excluding ortho intramolecular Hbond substituents is 1. The summed E-state index contributed by atoms with van der Waals surface area (Å²) >= 11 is 6.85. The number of methoxy groups -OCH3 is 1. The Morgan fingerprint density at radius 2 is 1.71 bits per heavy atom. The first-order valence-corrected chi connectivity index (χ1v) is 15.4. The Balaban J connectivity index is 0.000000228. The molecule has 9 nitrogen and oxygen atoms in total. The summed E-state index contributed by atoms with van der Waals surface area (Å²) in [6, 6.07) is 11.5. The van der Waals surface area contributed by atoms with Crippen molar-refractivity contribution in [2.45, 2.75) is 51.4 Å². The van der Waals surface area contributed by atoms with Gasteiger partial charge in [0, 0.05) is 33.2 Å². The summed E-state index contributed by atoms with van der Waals surface area (Å²) in [4.78, 5) is 13.8. The molecule has 0 saturated carbocycles. The van der Waals surface area contributed by atoms with Crippen LogP contribution in [0.3, 0.4) is 0 Å². The fourth-order valence-corrected chi connectivity index (χ4v) is 5.28. The Hall–Kier alpha value is -1.89. The zero-order valence-corrected chi connectivity index (χ0v) is 27.5. The third kappa shape index (κ3) is 12.1. The first-order valence-electron chi connectivity index (χ1n) is 13.8. The van der Waals surface area contributed by atoms with Gasteiger partial charge >= 0.3 is 6.09 Å². The Morgan fingerprint density at radius 1 is 1.02 bits per heavy atom. The zero-order chi connectivity index (χ0) is 29.8. The second kappa shape index (κ2) is 16.7.